The number of carbonyl (C=O) groups excluding carboxylic acids is 2. The quantitative estimate of drug-likeness (QED) is 0.254. The molecule has 8 heteroatoms. The number of ether oxygens (including phenoxy) is 3. The minimum absolute atomic E-state index is 0.0639. The van der Waals surface area contributed by atoms with E-state index in [2.05, 4.69) is 0 Å². The Labute approximate surface area is 225 Å². The summed E-state index contributed by atoms with van der Waals surface area (Å²) in [6.45, 7) is 9.38. The summed E-state index contributed by atoms with van der Waals surface area (Å²) in [5.74, 6) is 0.368. The Balaban J connectivity index is 2.23. The molecule has 1 N–H and O–H groups in total. The van der Waals surface area contributed by atoms with Crippen molar-refractivity contribution >= 4 is 17.4 Å². The fourth-order valence-corrected chi connectivity index (χ4v) is 4.87. The monoisotopic (exact) mass is 524 g/mol. The molecular formula is C30H40N2O6. The van der Waals surface area contributed by atoms with Gasteiger partial charge in [0.05, 0.1) is 32.4 Å². The van der Waals surface area contributed by atoms with Crippen molar-refractivity contribution in [2.24, 2.45) is 0 Å². The molecule has 0 radical (unpaired) electrons. The van der Waals surface area contributed by atoms with Gasteiger partial charge in [-0.15, -0.1) is 0 Å². The van der Waals surface area contributed by atoms with Crippen LogP contribution in [0.3, 0.4) is 0 Å². The fraction of sp³-hybridized carbons (Fsp3) is 0.467. The molecule has 1 aliphatic rings. The Morgan fingerprint density at radius 3 is 2.32 bits per heavy atom. The Morgan fingerprint density at radius 2 is 1.74 bits per heavy atom. The standard InChI is InChI=1S/C30H40N2O6/c1-9-38-23-12-11-20(16-25(23)37-8)27-26(29(34)30(35)32(27)14-10-13-31(5)6)28(33)22-17-21(18(2)3)24(36-7)15-19(22)4/h11-12,15-18,27,33H,9-10,13-14H2,1-8H3/b28-26+. The normalized spacial score (nSPS) is 17.0. The van der Waals surface area contributed by atoms with E-state index in [0.29, 0.717) is 47.9 Å². The van der Waals surface area contributed by atoms with Gasteiger partial charge in [0.2, 0.25) is 0 Å². The largest absolute Gasteiger partial charge is 0.507 e. The third kappa shape index (κ3) is 5.80. The highest BCUT2D eigenvalue weighted by molar-refractivity contribution is 6.46. The number of Topliss-reactive ketones (excluding diaryl/α,β-unsaturated/α-hetero) is 1. The number of aliphatic hydroxyl groups is 1. The first-order valence-electron chi connectivity index (χ1n) is 13.0. The molecular weight excluding hydrogens is 484 g/mol. The number of methoxy groups -OCH3 is 2. The Bertz CT molecular complexity index is 1220. The van der Waals surface area contributed by atoms with Crippen molar-refractivity contribution < 1.29 is 28.9 Å². The van der Waals surface area contributed by atoms with Gasteiger partial charge in [-0.05, 0) is 87.8 Å². The van der Waals surface area contributed by atoms with Crippen molar-refractivity contribution in [1.29, 1.82) is 0 Å². The van der Waals surface area contributed by atoms with E-state index >= 15 is 0 Å². The SMILES string of the molecule is CCOc1ccc(C2/C(=C(\O)c3cc(C(C)C)c(OC)cc3C)C(=O)C(=O)N2CCCN(C)C)cc1OC. The second kappa shape index (κ2) is 12.3. The van der Waals surface area contributed by atoms with Crippen LogP contribution in [-0.2, 0) is 9.59 Å². The molecule has 0 spiro atoms. The summed E-state index contributed by atoms with van der Waals surface area (Å²) >= 11 is 0. The predicted molar refractivity (Wildman–Crippen MR) is 148 cm³/mol. The maximum Gasteiger partial charge on any atom is 0.295 e. The average Bonchev–Trinajstić information content (AvgIpc) is 3.13. The highest BCUT2D eigenvalue weighted by Crippen LogP contribution is 2.43. The minimum Gasteiger partial charge on any atom is -0.507 e. The maximum atomic E-state index is 13.5. The lowest BCUT2D eigenvalue weighted by molar-refractivity contribution is -0.139. The number of nitrogens with zero attached hydrogens (tertiary/aromatic N) is 2. The smallest absolute Gasteiger partial charge is 0.295 e. The van der Waals surface area contributed by atoms with E-state index in [4.69, 9.17) is 14.2 Å². The third-order valence-electron chi connectivity index (χ3n) is 6.80. The average molecular weight is 525 g/mol. The lowest BCUT2D eigenvalue weighted by Crippen LogP contribution is -2.32. The molecule has 3 rings (SSSR count). The van der Waals surface area contributed by atoms with Gasteiger partial charge in [0.1, 0.15) is 11.5 Å². The van der Waals surface area contributed by atoms with Crippen LogP contribution in [-0.4, -0.2) is 74.6 Å². The Hall–Kier alpha value is -3.52. The summed E-state index contributed by atoms with van der Waals surface area (Å²) in [6, 6.07) is 8.29. The van der Waals surface area contributed by atoms with Crippen LogP contribution in [0.1, 0.15) is 61.4 Å². The van der Waals surface area contributed by atoms with Gasteiger partial charge in [0.15, 0.2) is 11.5 Å². The minimum atomic E-state index is -0.772. The van der Waals surface area contributed by atoms with Crippen molar-refractivity contribution in [1.82, 2.24) is 9.80 Å². The first kappa shape index (κ1) is 29.0. The number of likely N-dealkylation sites (tertiary alicyclic amines) is 1. The number of amides is 1. The zero-order valence-corrected chi connectivity index (χ0v) is 23.8. The first-order chi connectivity index (χ1) is 18.0. The predicted octanol–water partition coefficient (Wildman–Crippen LogP) is 4.91. The zero-order valence-electron chi connectivity index (χ0n) is 23.8. The molecule has 2 aromatic carbocycles. The molecule has 206 valence electrons. The first-order valence-corrected chi connectivity index (χ1v) is 13.0. The van der Waals surface area contributed by atoms with Crippen LogP contribution in [0.5, 0.6) is 17.2 Å². The summed E-state index contributed by atoms with van der Waals surface area (Å²) in [5.41, 5.74) is 2.87. The number of hydrogen-bond donors (Lipinski definition) is 1. The summed E-state index contributed by atoms with van der Waals surface area (Å²) in [4.78, 5) is 30.4. The molecule has 1 saturated heterocycles. The lowest BCUT2D eigenvalue weighted by atomic mass is 9.91. The van der Waals surface area contributed by atoms with Crippen molar-refractivity contribution in [3.05, 3.63) is 58.2 Å². The van der Waals surface area contributed by atoms with E-state index in [-0.39, 0.29) is 17.3 Å². The van der Waals surface area contributed by atoms with Gasteiger partial charge < -0.3 is 29.1 Å². The number of rotatable bonds is 11. The van der Waals surface area contributed by atoms with Gasteiger partial charge >= 0.3 is 0 Å². The maximum absolute atomic E-state index is 13.5. The molecule has 0 bridgehead atoms. The molecule has 8 nitrogen and oxygen atoms in total. The number of hydrogen-bond acceptors (Lipinski definition) is 7. The Morgan fingerprint density at radius 1 is 1.05 bits per heavy atom. The molecule has 1 heterocycles. The molecule has 2 aromatic rings. The van der Waals surface area contributed by atoms with Crippen molar-refractivity contribution in [2.45, 2.75) is 46.1 Å². The van der Waals surface area contributed by atoms with E-state index in [1.54, 1.807) is 31.3 Å². The van der Waals surface area contributed by atoms with Crippen molar-refractivity contribution in [3.8, 4) is 17.2 Å². The van der Waals surface area contributed by atoms with Gasteiger partial charge in [-0.1, -0.05) is 19.9 Å². The highest BCUT2D eigenvalue weighted by atomic mass is 16.5. The van der Waals surface area contributed by atoms with Crippen molar-refractivity contribution in [3.63, 3.8) is 0 Å². The van der Waals surface area contributed by atoms with Crippen LogP contribution in [0.4, 0.5) is 0 Å². The molecule has 1 amide bonds. The van der Waals surface area contributed by atoms with Gasteiger partial charge in [-0.2, -0.15) is 0 Å². The second-order valence-corrected chi connectivity index (χ2v) is 10.1. The van der Waals surface area contributed by atoms with E-state index in [0.717, 1.165) is 17.7 Å². The fourth-order valence-electron chi connectivity index (χ4n) is 4.87. The molecule has 38 heavy (non-hydrogen) atoms. The molecule has 1 fully saturated rings. The second-order valence-electron chi connectivity index (χ2n) is 10.1. The van der Waals surface area contributed by atoms with Gasteiger partial charge in [0, 0.05) is 12.1 Å². The van der Waals surface area contributed by atoms with Gasteiger partial charge in [-0.3, -0.25) is 9.59 Å². The summed E-state index contributed by atoms with van der Waals surface area (Å²) in [6.07, 6.45) is 0.670. The number of benzene rings is 2. The van der Waals surface area contributed by atoms with E-state index in [1.165, 1.54) is 0 Å². The molecule has 1 atom stereocenters. The summed E-state index contributed by atoms with van der Waals surface area (Å²) in [7, 11) is 7.08. The van der Waals surface area contributed by atoms with Crippen LogP contribution in [0.15, 0.2) is 35.9 Å². The van der Waals surface area contributed by atoms with Gasteiger partial charge in [0.25, 0.3) is 11.7 Å². The molecule has 1 aliphatic heterocycles. The number of carbonyl (C=O) groups is 2. The van der Waals surface area contributed by atoms with Crippen LogP contribution in [0.25, 0.3) is 5.76 Å². The van der Waals surface area contributed by atoms with E-state index in [1.807, 2.05) is 64.9 Å². The number of aliphatic hydroxyl groups excluding tert-OH is 1. The van der Waals surface area contributed by atoms with E-state index in [9.17, 15) is 14.7 Å². The lowest BCUT2D eigenvalue weighted by Gasteiger charge is -2.27. The number of ketones is 1. The third-order valence-corrected chi connectivity index (χ3v) is 6.80. The molecule has 0 aromatic heterocycles. The Kier molecular flexibility index (Phi) is 9.44. The highest BCUT2D eigenvalue weighted by Gasteiger charge is 2.46. The zero-order chi connectivity index (χ0) is 28.1. The topological polar surface area (TPSA) is 88.5 Å². The summed E-state index contributed by atoms with van der Waals surface area (Å²) in [5, 5.41) is 11.7. The van der Waals surface area contributed by atoms with Crippen LogP contribution in [0.2, 0.25) is 0 Å². The molecule has 0 aliphatic carbocycles. The van der Waals surface area contributed by atoms with Crippen LogP contribution >= 0.6 is 0 Å². The molecule has 1 unspecified atom stereocenters. The molecule has 0 saturated carbocycles. The van der Waals surface area contributed by atoms with Crippen LogP contribution < -0.4 is 14.2 Å². The van der Waals surface area contributed by atoms with Crippen molar-refractivity contribution in [2.75, 3.05) is 48.0 Å². The van der Waals surface area contributed by atoms with Crippen LogP contribution in [0, 0.1) is 6.92 Å². The van der Waals surface area contributed by atoms with Gasteiger partial charge in [-0.25, -0.2) is 0 Å². The number of aryl methyl sites for hydroxylation is 1. The summed E-state index contributed by atoms with van der Waals surface area (Å²) < 4.78 is 16.8. The van der Waals surface area contributed by atoms with E-state index < -0.39 is 17.7 Å².